The Kier molecular flexibility index (Phi) is 4.30. The number of imide groups is 1. The molecule has 4 aromatic rings. The number of nitrogens with one attached hydrogen (secondary N) is 2. The van der Waals surface area contributed by atoms with Gasteiger partial charge in [-0.2, -0.15) is 0 Å². The van der Waals surface area contributed by atoms with Crippen LogP contribution in [0.3, 0.4) is 0 Å². The lowest BCUT2D eigenvalue weighted by molar-refractivity contribution is -0.120. The number of aromatic amines is 1. The summed E-state index contributed by atoms with van der Waals surface area (Å²) in [5.41, 5.74) is 1.85. The number of carbonyl (C=O) groups excluding carboxylic acids is 2. The Labute approximate surface area is 177 Å². The average molecular weight is 445 g/mol. The number of hydrogen-bond acceptors (Lipinski definition) is 4. The minimum atomic E-state index is -1.35. The maximum atomic E-state index is 15.1. The fourth-order valence-corrected chi connectivity index (χ4v) is 4.42. The van der Waals surface area contributed by atoms with E-state index in [1.54, 1.807) is 23.6 Å². The normalized spacial score (nSPS) is 16.5. The van der Waals surface area contributed by atoms with Gasteiger partial charge in [-0.05, 0) is 29.8 Å². The molecule has 2 N–H and O–H groups in total. The van der Waals surface area contributed by atoms with E-state index >= 15 is 4.39 Å². The van der Waals surface area contributed by atoms with Gasteiger partial charge in [-0.1, -0.05) is 23.7 Å². The summed E-state index contributed by atoms with van der Waals surface area (Å²) in [4.78, 5) is 33.1. The summed E-state index contributed by atoms with van der Waals surface area (Å²) >= 11 is 7.09. The van der Waals surface area contributed by atoms with Crippen LogP contribution in [-0.2, 0) is 4.79 Å². The molecule has 30 heavy (non-hydrogen) atoms. The van der Waals surface area contributed by atoms with Gasteiger partial charge in [-0.3, -0.25) is 15.0 Å². The van der Waals surface area contributed by atoms with Gasteiger partial charge < -0.3 is 4.98 Å². The van der Waals surface area contributed by atoms with Crippen LogP contribution in [0.4, 0.5) is 19.3 Å². The molecule has 0 aliphatic carbocycles. The predicted octanol–water partition coefficient (Wildman–Crippen LogP) is 5.02. The van der Waals surface area contributed by atoms with Crippen molar-refractivity contribution in [3.05, 3.63) is 69.6 Å². The summed E-state index contributed by atoms with van der Waals surface area (Å²) in [6.45, 7) is 0. The molecule has 1 fully saturated rings. The zero-order chi connectivity index (χ0) is 21.0. The van der Waals surface area contributed by atoms with Crippen molar-refractivity contribution >= 4 is 51.6 Å². The lowest BCUT2D eigenvalue weighted by Crippen LogP contribution is -2.30. The Balaban J connectivity index is 1.61. The van der Waals surface area contributed by atoms with Crippen LogP contribution in [0.1, 0.15) is 11.6 Å². The molecule has 2 aromatic carbocycles. The second-order valence-corrected chi connectivity index (χ2v) is 8.18. The number of fused-ring (bicyclic) bond motifs is 1. The molecule has 1 aliphatic rings. The zero-order valence-corrected chi connectivity index (χ0v) is 16.5. The number of aromatic nitrogens is 2. The second kappa shape index (κ2) is 6.89. The zero-order valence-electron chi connectivity index (χ0n) is 14.9. The first kappa shape index (κ1) is 18.7. The molecule has 1 saturated heterocycles. The quantitative estimate of drug-likeness (QED) is 0.435. The highest BCUT2D eigenvalue weighted by Gasteiger charge is 2.42. The van der Waals surface area contributed by atoms with Crippen molar-refractivity contribution in [2.75, 3.05) is 4.90 Å². The van der Waals surface area contributed by atoms with Crippen molar-refractivity contribution in [2.45, 2.75) is 6.04 Å². The van der Waals surface area contributed by atoms with Crippen molar-refractivity contribution < 1.29 is 18.4 Å². The molecule has 2 aromatic heterocycles. The van der Waals surface area contributed by atoms with Gasteiger partial charge in [0.15, 0.2) is 11.6 Å². The van der Waals surface area contributed by atoms with E-state index in [9.17, 15) is 14.0 Å². The van der Waals surface area contributed by atoms with Gasteiger partial charge in [0.25, 0.3) is 5.91 Å². The fraction of sp³-hybridized carbons (Fsp3) is 0.0500. The van der Waals surface area contributed by atoms with E-state index in [4.69, 9.17) is 11.6 Å². The number of benzene rings is 2. The highest BCUT2D eigenvalue weighted by molar-refractivity contribution is 7.14. The molecule has 0 bridgehead atoms. The number of nitrogens with zero attached hydrogens (tertiary/aromatic N) is 2. The Hall–Kier alpha value is -3.30. The summed E-state index contributed by atoms with van der Waals surface area (Å²) in [5.74, 6) is -3.05. The van der Waals surface area contributed by atoms with Crippen molar-refractivity contribution in [1.29, 1.82) is 0 Å². The molecule has 5 rings (SSSR count). The van der Waals surface area contributed by atoms with Gasteiger partial charge in [0, 0.05) is 22.2 Å². The second-order valence-electron chi connectivity index (χ2n) is 6.64. The Bertz CT molecular complexity index is 1340. The number of hydrogen-bond donors (Lipinski definition) is 2. The minimum absolute atomic E-state index is 0.0227. The smallest absolute Gasteiger partial charge is 0.329 e. The highest BCUT2D eigenvalue weighted by atomic mass is 35.5. The first-order valence-electron chi connectivity index (χ1n) is 8.73. The largest absolute Gasteiger partial charge is 0.345 e. The first-order valence-corrected chi connectivity index (χ1v) is 9.99. The Morgan fingerprint density at radius 2 is 1.93 bits per heavy atom. The molecule has 0 saturated carbocycles. The van der Waals surface area contributed by atoms with Gasteiger partial charge in [-0.25, -0.2) is 18.6 Å². The topological polar surface area (TPSA) is 78.1 Å². The fourth-order valence-electron chi connectivity index (χ4n) is 3.54. The van der Waals surface area contributed by atoms with Crippen LogP contribution in [0.25, 0.3) is 22.2 Å². The molecule has 150 valence electrons. The number of anilines is 1. The Morgan fingerprint density at radius 3 is 2.70 bits per heavy atom. The summed E-state index contributed by atoms with van der Waals surface area (Å²) in [6, 6.07) is 7.00. The summed E-state index contributed by atoms with van der Waals surface area (Å²) < 4.78 is 30.4. The molecule has 0 radical (unpaired) electrons. The van der Waals surface area contributed by atoms with Crippen molar-refractivity contribution in [3.8, 4) is 11.1 Å². The van der Waals surface area contributed by atoms with E-state index in [0.29, 0.717) is 26.6 Å². The van der Waals surface area contributed by atoms with Crippen LogP contribution in [0, 0.1) is 11.6 Å². The molecule has 10 heteroatoms. The molecular formula is C20H11ClF2N4O2S. The van der Waals surface area contributed by atoms with E-state index in [-0.39, 0.29) is 11.1 Å². The molecule has 6 nitrogen and oxygen atoms in total. The van der Waals surface area contributed by atoms with E-state index < -0.39 is 29.6 Å². The number of amides is 3. The molecule has 1 atom stereocenters. The maximum Gasteiger partial charge on any atom is 0.329 e. The standard InChI is InChI=1S/C20H11ClF2N4O2S/c21-15-5-9(7-30-15)11-2-3-12(17(23)16(11)22)18-19(28)26-20(29)27(18)10-1-4-13-14(6-10)25-8-24-13/h1-8,18H,(H,24,25)(H,26,28,29). The minimum Gasteiger partial charge on any atom is -0.345 e. The third kappa shape index (κ3) is 2.86. The monoisotopic (exact) mass is 444 g/mol. The number of urea groups is 1. The molecule has 3 heterocycles. The molecule has 1 aliphatic heterocycles. The van der Waals surface area contributed by atoms with Crippen LogP contribution in [-0.4, -0.2) is 21.9 Å². The predicted molar refractivity (Wildman–Crippen MR) is 110 cm³/mol. The lowest BCUT2D eigenvalue weighted by atomic mass is 9.99. The number of thiophene rings is 1. The molecule has 1 unspecified atom stereocenters. The number of rotatable bonds is 3. The molecule has 0 spiro atoms. The highest BCUT2D eigenvalue weighted by Crippen LogP contribution is 2.37. The van der Waals surface area contributed by atoms with Crippen LogP contribution in [0.15, 0.2) is 48.1 Å². The van der Waals surface area contributed by atoms with Gasteiger partial charge in [0.1, 0.15) is 6.04 Å². The maximum absolute atomic E-state index is 15.1. The number of imidazole rings is 1. The third-order valence-electron chi connectivity index (χ3n) is 4.92. The average Bonchev–Trinajstić information content (AvgIpc) is 3.42. The molecular weight excluding hydrogens is 434 g/mol. The van der Waals surface area contributed by atoms with Gasteiger partial charge >= 0.3 is 6.03 Å². The van der Waals surface area contributed by atoms with Crippen LogP contribution >= 0.6 is 22.9 Å². The van der Waals surface area contributed by atoms with E-state index in [0.717, 1.165) is 4.90 Å². The van der Waals surface area contributed by atoms with Crippen LogP contribution < -0.4 is 10.2 Å². The van der Waals surface area contributed by atoms with E-state index in [1.807, 2.05) is 0 Å². The summed E-state index contributed by atoms with van der Waals surface area (Å²) in [5, 5.41) is 3.78. The number of halogens is 3. The van der Waals surface area contributed by atoms with Crippen molar-refractivity contribution in [1.82, 2.24) is 15.3 Å². The SMILES string of the molecule is O=C1NC(=O)N(c2ccc3nc[nH]c3c2)C1c1ccc(-c2csc(Cl)c2)c(F)c1F. The summed E-state index contributed by atoms with van der Waals surface area (Å²) in [7, 11) is 0. The summed E-state index contributed by atoms with van der Waals surface area (Å²) in [6.07, 6.45) is 1.49. The number of H-pyrrole nitrogens is 1. The third-order valence-corrected chi connectivity index (χ3v) is 6.01. The van der Waals surface area contributed by atoms with Crippen LogP contribution in [0.2, 0.25) is 4.34 Å². The van der Waals surface area contributed by atoms with Gasteiger partial charge in [0.2, 0.25) is 0 Å². The molecule has 3 amide bonds. The lowest BCUT2D eigenvalue weighted by Gasteiger charge is -2.23. The van der Waals surface area contributed by atoms with Crippen molar-refractivity contribution in [2.24, 2.45) is 0 Å². The number of carbonyl (C=O) groups is 2. The van der Waals surface area contributed by atoms with Gasteiger partial charge in [-0.15, -0.1) is 11.3 Å². The van der Waals surface area contributed by atoms with Crippen LogP contribution in [0.5, 0.6) is 0 Å². The van der Waals surface area contributed by atoms with Gasteiger partial charge in [0.05, 0.1) is 21.7 Å². The van der Waals surface area contributed by atoms with E-state index in [1.165, 1.54) is 35.9 Å². The first-order chi connectivity index (χ1) is 14.4. The van der Waals surface area contributed by atoms with E-state index in [2.05, 4.69) is 15.3 Å². The van der Waals surface area contributed by atoms with Crippen molar-refractivity contribution in [3.63, 3.8) is 0 Å². The Morgan fingerprint density at radius 1 is 1.10 bits per heavy atom.